The quantitative estimate of drug-likeness (QED) is 0.647. The first-order chi connectivity index (χ1) is 10.7. The van der Waals surface area contributed by atoms with Gasteiger partial charge in [-0.15, -0.1) is 0 Å². The second kappa shape index (κ2) is 5.33. The van der Waals surface area contributed by atoms with Gasteiger partial charge in [0, 0.05) is 31.4 Å². The molecule has 0 spiro atoms. The highest BCUT2D eigenvalue weighted by atomic mass is 15.1. The first kappa shape index (κ1) is 16.0. The van der Waals surface area contributed by atoms with Gasteiger partial charge in [0.15, 0.2) is 11.8 Å². The van der Waals surface area contributed by atoms with Crippen LogP contribution >= 0.6 is 0 Å². The van der Waals surface area contributed by atoms with Crippen molar-refractivity contribution >= 4 is 11.9 Å². The first-order valence-corrected chi connectivity index (χ1v) is 8.52. The standard InChI is InChI=1S/C22H28N/c1-16-12-17(2)20(18(3)13-16)23-15-22(6,14-21(23,4)5)19-10-8-7-9-11-19/h7-13,15H,14H2,1-6H3/q+1/t22-/m1/s1. The van der Waals surface area contributed by atoms with Crippen molar-refractivity contribution < 1.29 is 4.58 Å². The van der Waals surface area contributed by atoms with Crippen molar-refractivity contribution in [1.82, 2.24) is 0 Å². The summed E-state index contributed by atoms with van der Waals surface area (Å²) in [7, 11) is 0. The minimum Gasteiger partial charge on any atom is -0.197 e. The number of hydrogen-bond acceptors (Lipinski definition) is 0. The van der Waals surface area contributed by atoms with Crippen LogP contribution in [0, 0.1) is 20.8 Å². The predicted molar refractivity (Wildman–Crippen MR) is 99.1 cm³/mol. The monoisotopic (exact) mass is 306 g/mol. The summed E-state index contributed by atoms with van der Waals surface area (Å²) in [5.41, 5.74) is 7.03. The maximum absolute atomic E-state index is 2.52. The van der Waals surface area contributed by atoms with Crippen LogP contribution in [0.2, 0.25) is 0 Å². The molecular weight excluding hydrogens is 278 g/mol. The Morgan fingerprint density at radius 1 is 0.870 bits per heavy atom. The average Bonchev–Trinajstić information content (AvgIpc) is 2.70. The Balaban J connectivity index is 2.17. The van der Waals surface area contributed by atoms with Crippen LogP contribution in [0.5, 0.6) is 0 Å². The van der Waals surface area contributed by atoms with Gasteiger partial charge in [-0.1, -0.05) is 35.9 Å². The maximum atomic E-state index is 2.52. The molecule has 2 aromatic rings. The molecule has 1 aliphatic rings. The zero-order valence-corrected chi connectivity index (χ0v) is 15.3. The molecular formula is C22H28N+. The van der Waals surface area contributed by atoms with E-state index in [1.807, 2.05) is 0 Å². The fraction of sp³-hybridized carbons (Fsp3) is 0.409. The van der Waals surface area contributed by atoms with Crippen molar-refractivity contribution in [2.75, 3.05) is 0 Å². The maximum Gasteiger partial charge on any atom is 0.211 e. The lowest BCUT2D eigenvalue weighted by molar-refractivity contribution is -0.512. The number of nitrogens with zero attached hydrogens (tertiary/aromatic N) is 1. The van der Waals surface area contributed by atoms with Crippen LogP contribution in [0.25, 0.3) is 0 Å². The van der Waals surface area contributed by atoms with E-state index in [1.54, 1.807) is 0 Å². The van der Waals surface area contributed by atoms with Crippen molar-refractivity contribution in [3.8, 4) is 0 Å². The lowest BCUT2D eigenvalue weighted by atomic mass is 9.77. The van der Waals surface area contributed by atoms with Crippen LogP contribution < -0.4 is 0 Å². The van der Waals surface area contributed by atoms with Gasteiger partial charge in [0.05, 0.1) is 5.41 Å². The van der Waals surface area contributed by atoms with Crippen LogP contribution in [-0.4, -0.2) is 16.3 Å². The van der Waals surface area contributed by atoms with E-state index in [-0.39, 0.29) is 11.0 Å². The topological polar surface area (TPSA) is 3.01 Å². The van der Waals surface area contributed by atoms with Crippen LogP contribution in [0.15, 0.2) is 42.5 Å². The van der Waals surface area contributed by atoms with Gasteiger partial charge >= 0.3 is 0 Å². The van der Waals surface area contributed by atoms with Crippen molar-refractivity contribution in [2.24, 2.45) is 0 Å². The number of hydrogen-bond donors (Lipinski definition) is 0. The molecule has 3 rings (SSSR count). The van der Waals surface area contributed by atoms with Crippen molar-refractivity contribution in [2.45, 2.75) is 58.9 Å². The van der Waals surface area contributed by atoms with Crippen LogP contribution in [0.4, 0.5) is 5.69 Å². The van der Waals surface area contributed by atoms with Crippen molar-refractivity contribution in [3.05, 3.63) is 64.7 Å². The summed E-state index contributed by atoms with van der Waals surface area (Å²) in [6.45, 7) is 13.7. The van der Waals surface area contributed by atoms with E-state index >= 15 is 0 Å². The third-order valence-corrected chi connectivity index (χ3v) is 5.18. The van der Waals surface area contributed by atoms with Gasteiger partial charge in [0.1, 0.15) is 0 Å². The summed E-state index contributed by atoms with van der Waals surface area (Å²) in [6, 6.07) is 15.5. The fourth-order valence-corrected chi connectivity index (χ4v) is 4.40. The van der Waals surface area contributed by atoms with E-state index < -0.39 is 0 Å². The SMILES string of the molecule is Cc1cc(C)c([N+]2=C[C@](C)(c3ccccc3)CC2(C)C)c(C)c1. The molecule has 0 aromatic heterocycles. The second-order valence-electron chi connectivity index (χ2n) is 8.02. The molecule has 1 nitrogen and oxygen atoms in total. The molecule has 1 heterocycles. The minimum absolute atomic E-state index is 0.0779. The molecule has 0 saturated carbocycles. The van der Waals surface area contributed by atoms with E-state index in [1.165, 1.54) is 27.9 Å². The second-order valence-corrected chi connectivity index (χ2v) is 8.02. The van der Waals surface area contributed by atoms with Gasteiger partial charge in [-0.05, 0) is 45.4 Å². The lowest BCUT2D eigenvalue weighted by Crippen LogP contribution is -2.31. The summed E-state index contributed by atoms with van der Waals surface area (Å²) in [6.07, 6.45) is 3.57. The average molecular weight is 306 g/mol. The molecule has 1 heteroatoms. The fourth-order valence-electron chi connectivity index (χ4n) is 4.40. The van der Waals surface area contributed by atoms with Crippen LogP contribution in [0.3, 0.4) is 0 Å². The van der Waals surface area contributed by atoms with Crippen molar-refractivity contribution in [1.29, 1.82) is 0 Å². The first-order valence-electron chi connectivity index (χ1n) is 8.52. The van der Waals surface area contributed by atoms with E-state index in [4.69, 9.17) is 0 Å². The molecule has 0 amide bonds. The normalized spacial score (nSPS) is 23.0. The molecule has 120 valence electrons. The number of benzene rings is 2. The zero-order valence-electron chi connectivity index (χ0n) is 15.3. The van der Waals surface area contributed by atoms with Gasteiger partial charge < -0.3 is 0 Å². The summed E-state index contributed by atoms with van der Waals surface area (Å²) in [5.74, 6) is 0. The third-order valence-electron chi connectivity index (χ3n) is 5.18. The molecule has 0 bridgehead atoms. The Kier molecular flexibility index (Phi) is 3.71. The molecule has 1 atom stereocenters. The van der Waals surface area contributed by atoms with E-state index in [0.29, 0.717) is 0 Å². The Morgan fingerprint density at radius 2 is 1.43 bits per heavy atom. The molecule has 0 saturated heterocycles. The van der Waals surface area contributed by atoms with Gasteiger partial charge in [-0.2, -0.15) is 4.58 Å². The van der Waals surface area contributed by atoms with Gasteiger partial charge in [0.25, 0.3) is 0 Å². The Hall–Kier alpha value is -1.89. The Bertz CT molecular complexity index is 745. The van der Waals surface area contributed by atoms with Gasteiger partial charge in [-0.25, -0.2) is 0 Å². The van der Waals surface area contributed by atoms with Gasteiger partial charge in [-0.3, -0.25) is 0 Å². The summed E-state index contributed by atoms with van der Waals surface area (Å²) < 4.78 is 2.52. The summed E-state index contributed by atoms with van der Waals surface area (Å²) >= 11 is 0. The van der Waals surface area contributed by atoms with Crippen LogP contribution in [-0.2, 0) is 5.41 Å². The predicted octanol–water partition coefficient (Wildman–Crippen LogP) is 5.47. The molecule has 0 radical (unpaired) electrons. The highest BCUT2D eigenvalue weighted by molar-refractivity contribution is 5.73. The molecule has 0 aliphatic carbocycles. The van der Waals surface area contributed by atoms with E-state index in [0.717, 1.165) is 6.42 Å². The van der Waals surface area contributed by atoms with E-state index in [2.05, 4.69) is 94.8 Å². The molecule has 2 aromatic carbocycles. The molecule has 23 heavy (non-hydrogen) atoms. The Labute approximate surface area is 140 Å². The number of rotatable bonds is 2. The van der Waals surface area contributed by atoms with Gasteiger partial charge in [0.2, 0.25) is 5.69 Å². The molecule has 0 unspecified atom stereocenters. The molecule has 0 fully saturated rings. The lowest BCUT2D eigenvalue weighted by Gasteiger charge is -2.23. The molecule has 0 N–H and O–H groups in total. The molecule has 1 aliphatic heterocycles. The largest absolute Gasteiger partial charge is 0.211 e. The van der Waals surface area contributed by atoms with E-state index in [9.17, 15) is 0 Å². The zero-order chi connectivity index (χ0) is 16.8. The highest BCUT2D eigenvalue weighted by Gasteiger charge is 2.49. The number of aryl methyl sites for hydroxylation is 3. The highest BCUT2D eigenvalue weighted by Crippen LogP contribution is 2.42. The summed E-state index contributed by atoms with van der Waals surface area (Å²) in [5, 5.41) is 0. The minimum atomic E-state index is 0.0779. The third kappa shape index (κ3) is 2.73. The Morgan fingerprint density at radius 3 is 2.00 bits per heavy atom. The smallest absolute Gasteiger partial charge is 0.197 e. The van der Waals surface area contributed by atoms with Crippen molar-refractivity contribution in [3.63, 3.8) is 0 Å². The van der Waals surface area contributed by atoms with Crippen LogP contribution in [0.1, 0.15) is 49.4 Å². The summed E-state index contributed by atoms with van der Waals surface area (Å²) in [4.78, 5) is 0.